The van der Waals surface area contributed by atoms with Crippen LogP contribution in [0.3, 0.4) is 0 Å². The number of carbonyl (C=O) groups excluding carboxylic acids is 1. The summed E-state index contributed by atoms with van der Waals surface area (Å²) in [6.07, 6.45) is 4.60. The number of hydrogen-bond donors (Lipinski definition) is 1. The molecule has 1 saturated heterocycles. The first-order valence-electron chi connectivity index (χ1n) is 8.21. The van der Waals surface area contributed by atoms with Crippen molar-refractivity contribution in [1.29, 1.82) is 0 Å². The van der Waals surface area contributed by atoms with Crippen molar-refractivity contribution in [2.24, 2.45) is 5.92 Å². The second-order valence-corrected chi connectivity index (χ2v) is 8.20. The van der Waals surface area contributed by atoms with Crippen LogP contribution in [0.2, 0.25) is 0 Å². The van der Waals surface area contributed by atoms with Crippen LogP contribution < -0.4 is 5.32 Å². The summed E-state index contributed by atoms with van der Waals surface area (Å²) in [5.41, 5.74) is 2.41. The number of sulfonamides is 1. The average Bonchev–Trinajstić information content (AvgIpc) is 2.53. The van der Waals surface area contributed by atoms with Crippen molar-refractivity contribution in [3.63, 3.8) is 0 Å². The molecule has 0 saturated carbocycles. The number of nitrogens with one attached hydrogen (secondary N) is 1. The smallest absolute Gasteiger partial charge is 0.223 e. The Kier molecular flexibility index (Phi) is 6.18. The number of nitrogens with zero attached hydrogens (tertiary/aromatic N) is 1. The Morgan fingerprint density at radius 1 is 1.17 bits per heavy atom. The van der Waals surface area contributed by atoms with Gasteiger partial charge in [0.25, 0.3) is 0 Å². The molecule has 1 heterocycles. The predicted octanol–water partition coefficient (Wildman–Crippen LogP) is 1.93. The Bertz CT molecular complexity index is 618. The SMILES string of the molecule is CCCc1ccc(CNC(=O)C2CCN(S(C)(=O)=O)CC2)cc1. The first kappa shape index (κ1) is 17.9. The second kappa shape index (κ2) is 7.93. The molecule has 1 aliphatic rings. The highest BCUT2D eigenvalue weighted by atomic mass is 32.2. The van der Waals surface area contributed by atoms with E-state index in [2.05, 4.69) is 36.5 Å². The quantitative estimate of drug-likeness (QED) is 0.862. The Morgan fingerprint density at radius 2 is 1.74 bits per heavy atom. The monoisotopic (exact) mass is 338 g/mol. The maximum Gasteiger partial charge on any atom is 0.223 e. The molecular formula is C17H26N2O3S. The fraction of sp³-hybridized carbons (Fsp3) is 0.588. The maximum atomic E-state index is 12.2. The highest BCUT2D eigenvalue weighted by Gasteiger charge is 2.28. The molecule has 0 aliphatic carbocycles. The molecule has 1 aliphatic heterocycles. The van der Waals surface area contributed by atoms with Gasteiger partial charge >= 0.3 is 0 Å². The van der Waals surface area contributed by atoms with Crippen molar-refractivity contribution in [1.82, 2.24) is 9.62 Å². The van der Waals surface area contributed by atoms with Gasteiger partial charge in [-0.15, -0.1) is 0 Å². The zero-order valence-corrected chi connectivity index (χ0v) is 14.7. The van der Waals surface area contributed by atoms with E-state index in [0.29, 0.717) is 32.5 Å². The first-order valence-corrected chi connectivity index (χ1v) is 10.1. The van der Waals surface area contributed by atoms with E-state index in [1.807, 2.05) is 0 Å². The van der Waals surface area contributed by atoms with E-state index >= 15 is 0 Å². The van der Waals surface area contributed by atoms with Crippen molar-refractivity contribution in [3.05, 3.63) is 35.4 Å². The van der Waals surface area contributed by atoms with Crippen LogP contribution in [0.4, 0.5) is 0 Å². The normalized spacial score (nSPS) is 17.1. The molecule has 1 aromatic carbocycles. The summed E-state index contributed by atoms with van der Waals surface area (Å²) >= 11 is 0. The summed E-state index contributed by atoms with van der Waals surface area (Å²) in [6, 6.07) is 8.32. The van der Waals surface area contributed by atoms with Gasteiger partial charge in [-0.3, -0.25) is 4.79 Å². The minimum absolute atomic E-state index is 0.0239. The molecule has 2 rings (SSSR count). The number of rotatable bonds is 6. The lowest BCUT2D eigenvalue weighted by Crippen LogP contribution is -2.42. The van der Waals surface area contributed by atoms with Gasteiger partial charge in [-0.1, -0.05) is 37.6 Å². The summed E-state index contributed by atoms with van der Waals surface area (Å²) < 4.78 is 24.4. The molecule has 0 atom stereocenters. The van der Waals surface area contributed by atoms with Crippen LogP contribution >= 0.6 is 0 Å². The number of aryl methyl sites for hydroxylation is 1. The molecule has 1 amide bonds. The van der Waals surface area contributed by atoms with Gasteiger partial charge < -0.3 is 5.32 Å². The average molecular weight is 338 g/mol. The molecule has 23 heavy (non-hydrogen) atoms. The van der Waals surface area contributed by atoms with E-state index < -0.39 is 10.0 Å². The number of piperidine rings is 1. The van der Waals surface area contributed by atoms with E-state index in [-0.39, 0.29) is 11.8 Å². The summed E-state index contributed by atoms with van der Waals surface area (Å²) in [6.45, 7) is 3.55. The van der Waals surface area contributed by atoms with Gasteiger partial charge in [0.2, 0.25) is 15.9 Å². The number of amides is 1. The Labute approximate surface area is 139 Å². The summed E-state index contributed by atoms with van der Waals surface area (Å²) in [5.74, 6) is -0.0665. The van der Waals surface area contributed by atoms with E-state index in [1.54, 1.807) is 0 Å². The summed E-state index contributed by atoms with van der Waals surface area (Å²) in [7, 11) is -3.14. The van der Waals surface area contributed by atoms with Gasteiger partial charge in [-0.05, 0) is 30.4 Å². The van der Waals surface area contributed by atoms with Crippen LogP contribution in [0.5, 0.6) is 0 Å². The van der Waals surface area contributed by atoms with Gasteiger partial charge in [0.05, 0.1) is 6.26 Å². The molecule has 0 aromatic heterocycles. The zero-order valence-electron chi connectivity index (χ0n) is 13.9. The van der Waals surface area contributed by atoms with Crippen LogP contribution in [0.25, 0.3) is 0 Å². The van der Waals surface area contributed by atoms with Crippen LogP contribution in [0, 0.1) is 5.92 Å². The molecule has 1 aromatic rings. The van der Waals surface area contributed by atoms with Gasteiger partial charge in [-0.2, -0.15) is 0 Å². The molecule has 1 fully saturated rings. The number of carbonyl (C=O) groups is 1. The third-order valence-electron chi connectivity index (χ3n) is 4.32. The van der Waals surface area contributed by atoms with Crippen molar-refractivity contribution in [2.45, 2.75) is 39.2 Å². The lowest BCUT2D eigenvalue weighted by Gasteiger charge is -2.29. The number of benzene rings is 1. The number of hydrogen-bond acceptors (Lipinski definition) is 3. The van der Waals surface area contributed by atoms with Gasteiger partial charge in [0.1, 0.15) is 0 Å². The zero-order chi connectivity index (χ0) is 16.9. The fourth-order valence-corrected chi connectivity index (χ4v) is 3.77. The maximum absolute atomic E-state index is 12.2. The summed E-state index contributed by atoms with van der Waals surface area (Å²) in [4.78, 5) is 12.2. The molecule has 128 valence electrons. The van der Waals surface area contributed by atoms with Crippen LogP contribution in [0.15, 0.2) is 24.3 Å². The van der Waals surface area contributed by atoms with Gasteiger partial charge in [0.15, 0.2) is 0 Å². The Hall–Kier alpha value is -1.40. The first-order chi connectivity index (χ1) is 10.9. The van der Waals surface area contributed by atoms with Crippen molar-refractivity contribution in [3.8, 4) is 0 Å². The molecule has 0 spiro atoms. The minimum Gasteiger partial charge on any atom is -0.352 e. The fourth-order valence-electron chi connectivity index (χ4n) is 2.90. The van der Waals surface area contributed by atoms with E-state index in [4.69, 9.17) is 0 Å². The van der Waals surface area contributed by atoms with Gasteiger partial charge in [-0.25, -0.2) is 12.7 Å². The Morgan fingerprint density at radius 3 is 2.26 bits per heavy atom. The molecule has 0 radical (unpaired) electrons. The lowest BCUT2D eigenvalue weighted by molar-refractivity contribution is -0.126. The molecule has 0 unspecified atom stereocenters. The van der Waals surface area contributed by atoms with Crippen molar-refractivity contribution in [2.75, 3.05) is 19.3 Å². The third-order valence-corrected chi connectivity index (χ3v) is 5.63. The standard InChI is InChI=1S/C17H26N2O3S/c1-3-4-14-5-7-15(8-6-14)13-18-17(20)16-9-11-19(12-10-16)23(2,21)22/h5-8,16H,3-4,9-13H2,1-2H3,(H,18,20). The minimum atomic E-state index is -3.14. The second-order valence-electron chi connectivity index (χ2n) is 6.22. The van der Waals surface area contributed by atoms with E-state index in [9.17, 15) is 13.2 Å². The molecule has 5 nitrogen and oxygen atoms in total. The molecule has 6 heteroatoms. The molecular weight excluding hydrogens is 312 g/mol. The van der Waals surface area contributed by atoms with Gasteiger partial charge in [0, 0.05) is 25.6 Å². The topological polar surface area (TPSA) is 66.5 Å². The van der Waals surface area contributed by atoms with Crippen molar-refractivity contribution >= 4 is 15.9 Å². The van der Waals surface area contributed by atoms with E-state index in [1.165, 1.54) is 16.1 Å². The Balaban J connectivity index is 1.79. The predicted molar refractivity (Wildman–Crippen MR) is 91.4 cm³/mol. The van der Waals surface area contributed by atoms with Crippen molar-refractivity contribution < 1.29 is 13.2 Å². The largest absolute Gasteiger partial charge is 0.352 e. The van der Waals surface area contributed by atoms with Crippen LogP contribution in [0.1, 0.15) is 37.3 Å². The summed E-state index contributed by atoms with van der Waals surface area (Å²) in [5, 5.41) is 2.97. The lowest BCUT2D eigenvalue weighted by atomic mass is 9.97. The third kappa shape index (κ3) is 5.32. The van der Waals surface area contributed by atoms with Crippen LogP contribution in [-0.4, -0.2) is 38.0 Å². The van der Waals surface area contributed by atoms with E-state index in [0.717, 1.165) is 18.4 Å². The molecule has 0 bridgehead atoms. The molecule has 1 N–H and O–H groups in total. The van der Waals surface area contributed by atoms with Crippen LogP contribution in [-0.2, 0) is 27.8 Å². The highest BCUT2D eigenvalue weighted by molar-refractivity contribution is 7.88. The highest BCUT2D eigenvalue weighted by Crippen LogP contribution is 2.19.